The van der Waals surface area contributed by atoms with Crippen molar-refractivity contribution in [2.45, 2.75) is 19.8 Å². The molecule has 0 amide bonds. The molecule has 27 heavy (non-hydrogen) atoms. The molecule has 4 aromatic rings. The van der Waals surface area contributed by atoms with Gasteiger partial charge in [-0.15, -0.1) is 0 Å². The maximum atomic E-state index is 6.03. The molecule has 134 valence electrons. The van der Waals surface area contributed by atoms with Crippen LogP contribution in [0.15, 0.2) is 59.6 Å². The summed E-state index contributed by atoms with van der Waals surface area (Å²) in [6, 6.07) is 18.1. The first kappa shape index (κ1) is 17.0. The van der Waals surface area contributed by atoms with Gasteiger partial charge in [-0.25, -0.2) is 4.98 Å². The van der Waals surface area contributed by atoms with E-state index in [2.05, 4.69) is 40.7 Å². The number of hydrogen-bond donors (Lipinski definition) is 2. The van der Waals surface area contributed by atoms with Crippen LogP contribution in [0.25, 0.3) is 22.2 Å². The number of H-pyrrole nitrogens is 1. The lowest BCUT2D eigenvalue weighted by Crippen LogP contribution is -1.96. The van der Waals surface area contributed by atoms with E-state index in [4.69, 9.17) is 10.7 Å². The molecule has 4 rings (SSSR count). The smallest absolute Gasteiger partial charge is 0.113 e. The molecular weight excluding hydrogens is 334 g/mol. The Bertz CT molecular complexity index is 1130. The SMILES string of the molecule is C=Nc1ccc(-c2ccc3nc(Cc4cccc(CC)n4)[nH]c3c2)cc1N. The standard InChI is InChI=1S/C22H21N5/c1-3-16-5-4-6-17(25-16)13-22-26-20-10-8-15(12-21(20)27-22)14-7-9-19(24-2)18(23)11-14/h4-12H,2-3,13,23H2,1H3,(H,26,27). The highest BCUT2D eigenvalue weighted by Gasteiger charge is 2.08. The minimum atomic E-state index is 0.620. The van der Waals surface area contributed by atoms with Crippen molar-refractivity contribution in [1.82, 2.24) is 15.0 Å². The van der Waals surface area contributed by atoms with Crippen LogP contribution in [0.2, 0.25) is 0 Å². The number of pyridine rings is 1. The second-order valence-corrected chi connectivity index (χ2v) is 6.50. The summed E-state index contributed by atoms with van der Waals surface area (Å²) < 4.78 is 0. The fraction of sp³-hybridized carbons (Fsp3) is 0.136. The van der Waals surface area contributed by atoms with Gasteiger partial charge in [0, 0.05) is 17.8 Å². The van der Waals surface area contributed by atoms with Gasteiger partial charge in [-0.3, -0.25) is 9.98 Å². The average molecular weight is 355 g/mol. The molecule has 0 saturated heterocycles. The molecule has 0 unspecified atom stereocenters. The molecule has 0 radical (unpaired) electrons. The maximum Gasteiger partial charge on any atom is 0.113 e. The summed E-state index contributed by atoms with van der Waals surface area (Å²) in [4.78, 5) is 16.7. The molecule has 0 fully saturated rings. The van der Waals surface area contributed by atoms with Crippen molar-refractivity contribution in [3.05, 3.63) is 71.8 Å². The van der Waals surface area contributed by atoms with E-state index < -0.39 is 0 Å². The monoisotopic (exact) mass is 355 g/mol. The molecule has 5 nitrogen and oxygen atoms in total. The zero-order valence-corrected chi connectivity index (χ0v) is 15.2. The van der Waals surface area contributed by atoms with Gasteiger partial charge in [0.25, 0.3) is 0 Å². The van der Waals surface area contributed by atoms with E-state index in [1.165, 1.54) is 0 Å². The van der Waals surface area contributed by atoms with Crippen molar-refractivity contribution in [2.75, 3.05) is 5.73 Å². The summed E-state index contributed by atoms with van der Waals surface area (Å²) in [5.74, 6) is 0.911. The predicted octanol–water partition coefficient (Wildman–Crippen LogP) is 4.69. The number of benzene rings is 2. The number of aliphatic imine (C=N–C) groups is 1. The second kappa shape index (κ2) is 7.03. The van der Waals surface area contributed by atoms with Crippen LogP contribution >= 0.6 is 0 Å². The fourth-order valence-electron chi connectivity index (χ4n) is 3.20. The molecule has 0 bridgehead atoms. The fourth-order valence-corrected chi connectivity index (χ4v) is 3.20. The van der Waals surface area contributed by atoms with E-state index in [9.17, 15) is 0 Å². The molecule has 0 spiro atoms. The highest BCUT2D eigenvalue weighted by Crippen LogP contribution is 2.30. The number of aromatic amines is 1. The van der Waals surface area contributed by atoms with Gasteiger partial charge in [0.15, 0.2) is 0 Å². The number of nitrogens with one attached hydrogen (secondary N) is 1. The summed E-state index contributed by atoms with van der Waals surface area (Å²) >= 11 is 0. The average Bonchev–Trinajstić information content (AvgIpc) is 3.09. The molecule has 0 aliphatic carbocycles. The number of anilines is 1. The molecule has 2 aromatic heterocycles. The van der Waals surface area contributed by atoms with Crippen LogP contribution in [0.5, 0.6) is 0 Å². The van der Waals surface area contributed by atoms with Gasteiger partial charge in [0.05, 0.1) is 22.4 Å². The molecule has 0 atom stereocenters. The lowest BCUT2D eigenvalue weighted by molar-refractivity contribution is 0.937. The van der Waals surface area contributed by atoms with Gasteiger partial charge in [0.1, 0.15) is 5.82 Å². The Morgan fingerprint density at radius 1 is 1.00 bits per heavy atom. The van der Waals surface area contributed by atoms with Crippen LogP contribution in [0.3, 0.4) is 0 Å². The Morgan fingerprint density at radius 3 is 2.56 bits per heavy atom. The van der Waals surface area contributed by atoms with Crippen molar-refractivity contribution in [2.24, 2.45) is 4.99 Å². The number of nitrogen functional groups attached to an aromatic ring is 1. The first-order valence-electron chi connectivity index (χ1n) is 8.96. The van der Waals surface area contributed by atoms with Gasteiger partial charge in [-0.2, -0.15) is 0 Å². The highest BCUT2D eigenvalue weighted by atomic mass is 14.9. The molecule has 2 heterocycles. The third kappa shape index (κ3) is 3.44. The van der Waals surface area contributed by atoms with Crippen molar-refractivity contribution >= 4 is 29.1 Å². The Labute approximate surface area is 158 Å². The van der Waals surface area contributed by atoms with Crippen LogP contribution in [0, 0.1) is 0 Å². The van der Waals surface area contributed by atoms with Crippen molar-refractivity contribution in [1.29, 1.82) is 0 Å². The van der Waals surface area contributed by atoms with Gasteiger partial charge in [0.2, 0.25) is 0 Å². The van der Waals surface area contributed by atoms with E-state index in [1.54, 1.807) is 0 Å². The van der Waals surface area contributed by atoms with Crippen LogP contribution in [-0.2, 0) is 12.8 Å². The second-order valence-electron chi connectivity index (χ2n) is 6.50. The first-order valence-corrected chi connectivity index (χ1v) is 8.96. The molecule has 5 heteroatoms. The number of imidazole rings is 1. The third-order valence-corrected chi connectivity index (χ3v) is 4.64. The van der Waals surface area contributed by atoms with Crippen LogP contribution in [0.4, 0.5) is 11.4 Å². The number of nitrogens with two attached hydrogens (primary N) is 1. The van der Waals surface area contributed by atoms with E-state index >= 15 is 0 Å². The van der Waals surface area contributed by atoms with E-state index in [0.717, 1.165) is 45.8 Å². The topological polar surface area (TPSA) is 80.0 Å². The van der Waals surface area contributed by atoms with Crippen LogP contribution < -0.4 is 5.73 Å². The van der Waals surface area contributed by atoms with E-state index in [-0.39, 0.29) is 0 Å². The molecule has 0 saturated carbocycles. The predicted molar refractivity (Wildman–Crippen MR) is 112 cm³/mol. The Hall–Kier alpha value is -3.47. The zero-order valence-electron chi connectivity index (χ0n) is 15.2. The Morgan fingerprint density at radius 2 is 1.78 bits per heavy atom. The minimum absolute atomic E-state index is 0.620. The molecule has 3 N–H and O–H groups in total. The maximum absolute atomic E-state index is 6.03. The number of nitrogens with zero attached hydrogens (tertiary/aromatic N) is 3. The number of rotatable bonds is 5. The summed E-state index contributed by atoms with van der Waals surface area (Å²) in [5, 5.41) is 0. The van der Waals surface area contributed by atoms with E-state index in [0.29, 0.717) is 17.8 Å². The van der Waals surface area contributed by atoms with Crippen LogP contribution in [-0.4, -0.2) is 21.7 Å². The molecular formula is C22H21N5. The largest absolute Gasteiger partial charge is 0.397 e. The molecule has 0 aliphatic heterocycles. The zero-order chi connectivity index (χ0) is 18.8. The first-order chi connectivity index (χ1) is 13.2. The third-order valence-electron chi connectivity index (χ3n) is 4.64. The number of aromatic nitrogens is 3. The van der Waals surface area contributed by atoms with Gasteiger partial charge in [-0.1, -0.05) is 25.1 Å². The van der Waals surface area contributed by atoms with Crippen LogP contribution in [0.1, 0.15) is 24.1 Å². The van der Waals surface area contributed by atoms with Crippen molar-refractivity contribution in [3.63, 3.8) is 0 Å². The lowest BCUT2D eigenvalue weighted by atomic mass is 10.0. The van der Waals surface area contributed by atoms with Crippen molar-refractivity contribution < 1.29 is 0 Å². The Balaban J connectivity index is 1.65. The minimum Gasteiger partial charge on any atom is -0.397 e. The molecule has 2 aromatic carbocycles. The number of hydrogen-bond acceptors (Lipinski definition) is 4. The lowest BCUT2D eigenvalue weighted by Gasteiger charge is -2.05. The summed E-state index contributed by atoms with van der Waals surface area (Å²) in [7, 11) is 0. The number of aryl methyl sites for hydroxylation is 1. The summed E-state index contributed by atoms with van der Waals surface area (Å²) in [6.45, 7) is 5.64. The van der Waals surface area contributed by atoms with Gasteiger partial charge < -0.3 is 10.7 Å². The number of fused-ring (bicyclic) bond motifs is 1. The molecule has 0 aliphatic rings. The van der Waals surface area contributed by atoms with E-state index in [1.807, 2.05) is 42.5 Å². The van der Waals surface area contributed by atoms with Gasteiger partial charge >= 0.3 is 0 Å². The normalized spacial score (nSPS) is 11.0. The quantitative estimate of drug-likeness (QED) is 0.402. The highest BCUT2D eigenvalue weighted by molar-refractivity contribution is 5.84. The van der Waals surface area contributed by atoms with Gasteiger partial charge in [-0.05, 0) is 60.7 Å². The summed E-state index contributed by atoms with van der Waals surface area (Å²) in [6.07, 6.45) is 1.62. The van der Waals surface area contributed by atoms with Crippen molar-refractivity contribution in [3.8, 4) is 11.1 Å². The Kier molecular flexibility index (Phi) is 4.42. The summed E-state index contributed by atoms with van der Waals surface area (Å²) in [5.41, 5.74) is 13.5.